The molecule has 0 fully saturated rings. The van der Waals surface area contributed by atoms with E-state index in [4.69, 9.17) is 5.73 Å². The number of carboxylic acids is 1. The third kappa shape index (κ3) is 2.40. The van der Waals surface area contributed by atoms with Gasteiger partial charge in [0.15, 0.2) is 0 Å². The minimum atomic E-state index is -1.06. The standard InChI is InChI=1S/C17H14N2O3/c18-10-7-8-15(13(9-10)17(21)22)19-14-5-1-4-12-11(14)3-2-6-16(12)20/h1-9,19-20H,18H2,(H,21,22). The smallest absolute Gasteiger partial charge is 0.337 e. The second-order valence-corrected chi connectivity index (χ2v) is 4.91. The van der Waals surface area contributed by atoms with Crippen LogP contribution in [0.5, 0.6) is 5.75 Å². The molecule has 22 heavy (non-hydrogen) atoms. The summed E-state index contributed by atoms with van der Waals surface area (Å²) in [5, 5.41) is 23.8. The maximum absolute atomic E-state index is 11.3. The number of aromatic hydroxyl groups is 1. The molecule has 0 aliphatic rings. The van der Waals surface area contributed by atoms with E-state index in [1.807, 2.05) is 12.1 Å². The second-order valence-electron chi connectivity index (χ2n) is 4.91. The number of rotatable bonds is 3. The van der Waals surface area contributed by atoms with Crippen molar-refractivity contribution in [3.63, 3.8) is 0 Å². The van der Waals surface area contributed by atoms with Crippen molar-refractivity contribution in [2.75, 3.05) is 11.1 Å². The lowest BCUT2D eigenvalue weighted by Crippen LogP contribution is -2.04. The lowest BCUT2D eigenvalue weighted by molar-refractivity contribution is 0.0698. The molecule has 5 N–H and O–H groups in total. The monoisotopic (exact) mass is 294 g/mol. The zero-order valence-corrected chi connectivity index (χ0v) is 11.6. The first kappa shape index (κ1) is 13.8. The van der Waals surface area contributed by atoms with Gasteiger partial charge in [-0.15, -0.1) is 0 Å². The predicted octanol–water partition coefficient (Wildman–Crippen LogP) is 3.57. The Balaban J connectivity index is 2.12. The van der Waals surface area contributed by atoms with E-state index in [0.29, 0.717) is 22.4 Å². The van der Waals surface area contributed by atoms with E-state index in [0.717, 1.165) is 5.39 Å². The van der Waals surface area contributed by atoms with Crippen LogP contribution in [0.3, 0.4) is 0 Å². The normalized spacial score (nSPS) is 10.5. The van der Waals surface area contributed by atoms with E-state index in [9.17, 15) is 15.0 Å². The van der Waals surface area contributed by atoms with Gasteiger partial charge in [-0.3, -0.25) is 0 Å². The molecule has 0 bridgehead atoms. The summed E-state index contributed by atoms with van der Waals surface area (Å²) in [5.41, 5.74) is 7.28. The van der Waals surface area contributed by atoms with Crippen molar-refractivity contribution in [3.8, 4) is 5.75 Å². The van der Waals surface area contributed by atoms with Gasteiger partial charge in [0.1, 0.15) is 5.75 Å². The van der Waals surface area contributed by atoms with Crippen LogP contribution >= 0.6 is 0 Å². The molecule has 0 aliphatic heterocycles. The van der Waals surface area contributed by atoms with Gasteiger partial charge in [0, 0.05) is 22.1 Å². The first-order valence-electron chi connectivity index (χ1n) is 6.67. The highest BCUT2D eigenvalue weighted by molar-refractivity contribution is 6.01. The van der Waals surface area contributed by atoms with Crippen molar-refractivity contribution < 1.29 is 15.0 Å². The fourth-order valence-corrected chi connectivity index (χ4v) is 2.40. The van der Waals surface area contributed by atoms with E-state index in [1.54, 1.807) is 36.4 Å². The molecule has 3 aromatic rings. The Morgan fingerprint density at radius 1 is 0.955 bits per heavy atom. The summed E-state index contributed by atoms with van der Waals surface area (Å²) in [6.45, 7) is 0. The van der Waals surface area contributed by atoms with Crippen LogP contribution in [0.25, 0.3) is 10.8 Å². The average Bonchev–Trinajstić information content (AvgIpc) is 2.50. The highest BCUT2D eigenvalue weighted by Crippen LogP contribution is 2.32. The third-order valence-electron chi connectivity index (χ3n) is 3.44. The van der Waals surface area contributed by atoms with Gasteiger partial charge < -0.3 is 21.3 Å². The molecule has 0 saturated heterocycles. The number of phenols is 1. The number of carboxylic acid groups (broad SMARTS) is 1. The van der Waals surface area contributed by atoms with E-state index in [2.05, 4.69) is 5.32 Å². The maximum atomic E-state index is 11.3. The summed E-state index contributed by atoms with van der Waals surface area (Å²) in [7, 11) is 0. The molecule has 110 valence electrons. The van der Waals surface area contributed by atoms with Gasteiger partial charge in [0.2, 0.25) is 0 Å². The van der Waals surface area contributed by atoms with E-state index >= 15 is 0 Å². The molecule has 5 nitrogen and oxygen atoms in total. The van der Waals surface area contributed by atoms with Gasteiger partial charge in [-0.05, 0) is 30.3 Å². The van der Waals surface area contributed by atoms with Crippen molar-refractivity contribution in [1.82, 2.24) is 0 Å². The molecule has 0 aliphatic carbocycles. The number of benzene rings is 3. The molecular formula is C17H14N2O3. The molecule has 0 radical (unpaired) electrons. The maximum Gasteiger partial charge on any atom is 0.337 e. The number of nitrogens with two attached hydrogens (primary N) is 1. The molecule has 3 aromatic carbocycles. The number of hydrogen-bond donors (Lipinski definition) is 4. The van der Waals surface area contributed by atoms with Crippen LogP contribution in [-0.2, 0) is 0 Å². The zero-order valence-electron chi connectivity index (χ0n) is 11.6. The van der Waals surface area contributed by atoms with Crippen molar-refractivity contribution in [2.24, 2.45) is 0 Å². The first-order chi connectivity index (χ1) is 10.6. The molecule has 0 atom stereocenters. The number of carbonyl (C=O) groups is 1. The molecule has 0 unspecified atom stereocenters. The Bertz CT molecular complexity index is 875. The molecule has 0 spiro atoms. The highest BCUT2D eigenvalue weighted by Gasteiger charge is 2.12. The minimum absolute atomic E-state index is 0.0946. The van der Waals surface area contributed by atoms with Crippen LogP contribution in [0.2, 0.25) is 0 Å². The summed E-state index contributed by atoms with van der Waals surface area (Å²) < 4.78 is 0. The van der Waals surface area contributed by atoms with Crippen LogP contribution in [0.4, 0.5) is 17.1 Å². The molecule has 0 aromatic heterocycles. The third-order valence-corrected chi connectivity index (χ3v) is 3.44. The average molecular weight is 294 g/mol. The largest absolute Gasteiger partial charge is 0.507 e. The van der Waals surface area contributed by atoms with Crippen LogP contribution in [0.15, 0.2) is 54.6 Å². The van der Waals surface area contributed by atoms with Gasteiger partial charge >= 0.3 is 5.97 Å². The molecule has 0 saturated carbocycles. The van der Waals surface area contributed by atoms with Crippen LogP contribution in [0, 0.1) is 0 Å². The number of anilines is 3. The van der Waals surface area contributed by atoms with Crippen molar-refractivity contribution in [1.29, 1.82) is 0 Å². The van der Waals surface area contributed by atoms with Gasteiger partial charge in [0.05, 0.1) is 11.3 Å². The summed E-state index contributed by atoms with van der Waals surface area (Å²) in [4.78, 5) is 11.3. The van der Waals surface area contributed by atoms with Crippen molar-refractivity contribution >= 4 is 33.8 Å². The Morgan fingerprint density at radius 2 is 1.68 bits per heavy atom. The van der Waals surface area contributed by atoms with Gasteiger partial charge in [-0.25, -0.2) is 4.79 Å². The quantitative estimate of drug-likeness (QED) is 0.554. The lowest BCUT2D eigenvalue weighted by Gasteiger charge is -2.13. The molecule has 3 rings (SSSR count). The van der Waals surface area contributed by atoms with E-state index < -0.39 is 5.97 Å². The summed E-state index contributed by atoms with van der Waals surface area (Å²) >= 11 is 0. The fourth-order valence-electron chi connectivity index (χ4n) is 2.40. The van der Waals surface area contributed by atoms with E-state index in [1.165, 1.54) is 6.07 Å². The predicted molar refractivity (Wildman–Crippen MR) is 86.7 cm³/mol. The summed E-state index contributed by atoms with van der Waals surface area (Å²) in [6, 6.07) is 15.3. The molecule has 5 heteroatoms. The Kier molecular flexibility index (Phi) is 3.31. The Morgan fingerprint density at radius 3 is 2.45 bits per heavy atom. The van der Waals surface area contributed by atoms with Gasteiger partial charge in [0.25, 0.3) is 0 Å². The number of aromatic carboxylic acids is 1. The molecular weight excluding hydrogens is 280 g/mol. The number of nitrogen functional groups attached to an aromatic ring is 1. The second kappa shape index (κ2) is 5.29. The number of phenolic OH excluding ortho intramolecular Hbond substituents is 1. The summed E-state index contributed by atoms with van der Waals surface area (Å²) in [6.07, 6.45) is 0. The first-order valence-corrected chi connectivity index (χ1v) is 6.67. The van der Waals surface area contributed by atoms with Gasteiger partial charge in [-0.1, -0.05) is 24.3 Å². The highest BCUT2D eigenvalue weighted by atomic mass is 16.4. The summed E-state index contributed by atoms with van der Waals surface area (Å²) in [5.74, 6) is -0.880. The minimum Gasteiger partial charge on any atom is -0.507 e. The molecule has 0 heterocycles. The van der Waals surface area contributed by atoms with E-state index in [-0.39, 0.29) is 11.3 Å². The number of hydrogen-bond acceptors (Lipinski definition) is 4. The van der Waals surface area contributed by atoms with Crippen LogP contribution in [0.1, 0.15) is 10.4 Å². The fraction of sp³-hybridized carbons (Fsp3) is 0. The zero-order chi connectivity index (χ0) is 15.7. The number of nitrogens with one attached hydrogen (secondary N) is 1. The molecule has 0 amide bonds. The Hall–Kier alpha value is -3.21. The lowest BCUT2D eigenvalue weighted by atomic mass is 10.1. The number of fused-ring (bicyclic) bond motifs is 1. The van der Waals surface area contributed by atoms with Crippen LogP contribution in [-0.4, -0.2) is 16.2 Å². The topological polar surface area (TPSA) is 95.6 Å². The van der Waals surface area contributed by atoms with Crippen molar-refractivity contribution in [2.45, 2.75) is 0 Å². The van der Waals surface area contributed by atoms with Gasteiger partial charge in [-0.2, -0.15) is 0 Å². The van der Waals surface area contributed by atoms with Crippen molar-refractivity contribution in [3.05, 3.63) is 60.2 Å². The SMILES string of the molecule is Nc1ccc(Nc2cccc3c(O)cccc23)c(C(=O)O)c1. The van der Waals surface area contributed by atoms with Crippen LogP contribution < -0.4 is 11.1 Å². The Labute approximate surface area is 126 Å².